The van der Waals surface area contributed by atoms with Crippen LogP contribution in [-0.4, -0.2) is 12.6 Å². The average molecular weight is 250 g/mol. The molecule has 88 valence electrons. The number of esters is 1. The first-order valence-corrected chi connectivity index (χ1v) is 5.49. The number of halogens is 1. The van der Waals surface area contributed by atoms with E-state index in [1.54, 1.807) is 38.1 Å². The summed E-state index contributed by atoms with van der Waals surface area (Å²) in [5.41, 5.74) is 1.39. The maximum atomic E-state index is 11.5. The first-order valence-electron chi connectivity index (χ1n) is 5.11. The fourth-order valence-electron chi connectivity index (χ4n) is 1.32. The Kier molecular flexibility index (Phi) is 4.74. The van der Waals surface area contributed by atoms with Gasteiger partial charge in [-0.3, -0.25) is 4.79 Å². The number of nitrogens with zero attached hydrogens (tertiary/aromatic N) is 1. The third-order valence-corrected chi connectivity index (χ3v) is 2.47. The summed E-state index contributed by atoms with van der Waals surface area (Å²) >= 11 is 5.77. The highest BCUT2D eigenvalue weighted by molar-refractivity contribution is 6.30. The number of allylic oxidation sites excluding steroid dienone is 1. The smallest absolute Gasteiger partial charge is 0.336 e. The lowest BCUT2D eigenvalue weighted by Gasteiger charge is -2.05. The highest BCUT2D eigenvalue weighted by atomic mass is 35.5. The zero-order valence-electron chi connectivity index (χ0n) is 9.66. The molecule has 0 bridgehead atoms. The molecular weight excluding hydrogens is 238 g/mol. The lowest BCUT2D eigenvalue weighted by molar-refractivity contribution is -0.138. The van der Waals surface area contributed by atoms with Crippen molar-refractivity contribution in [2.45, 2.75) is 13.8 Å². The third kappa shape index (κ3) is 3.33. The Morgan fingerprint density at radius 2 is 2.00 bits per heavy atom. The van der Waals surface area contributed by atoms with E-state index in [0.29, 0.717) is 10.6 Å². The molecule has 0 heterocycles. The molecule has 4 heteroatoms. The van der Waals surface area contributed by atoms with Gasteiger partial charge in [0.2, 0.25) is 0 Å². The molecule has 0 atom stereocenters. The molecule has 0 fully saturated rings. The van der Waals surface area contributed by atoms with Crippen molar-refractivity contribution >= 4 is 23.1 Å². The molecule has 0 aliphatic heterocycles. The standard InChI is InChI=1S/C13H12ClNO2/c1-4-17-13(16)12(15-3)9(2)10-5-7-11(14)8-6-10/h5-8H,4H2,1-2H3/b12-9-. The Morgan fingerprint density at radius 1 is 1.41 bits per heavy atom. The van der Waals surface area contributed by atoms with Gasteiger partial charge in [0.05, 0.1) is 13.2 Å². The Balaban J connectivity index is 3.13. The molecule has 0 aliphatic carbocycles. The normalized spacial score (nSPS) is 11.4. The number of ether oxygens (including phenoxy) is 1. The van der Waals surface area contributed by atoms with Gasteiger partial charge in [-0.1, -0.05) is 23.7 Å². The summed E-state index contributed by atoms with van der Waals surface area (Å²) < 4.78 is 4.82. The van der Waals surface area contributed by atoms with Crippen LogP contribution in [0.25, 0.3) is 10.4 Å². The van der Waals surface area contributed by atoms with Crippen LogP contribution in [0.4, 0.5) is 0 Å². The predicted octanol–water partition coefficient (Wildman–Crippen LogP) is 3.55. The van der Waals surface area contributed by atoms with Crippen molar-refractivity contribution in [3.05, 3.63) is 52.0 Å². The van der Waals surface area contributed by atoms with Gasteiger partial charge in [0.25, 0.3) is 5.70 Å². The summed E-state index contributed by atoms with van der Waals surface area (Å²) in [5, 5.41) is 0.613. The minimum atomic E-state index is -0.588. The van der Waals surface area contributed by atoms with E-state index in [2.05, 4.69) is 4.85 Å². The van der Waals surface area contributed by atoms with Gasteiger partial charge >= 0.3 is 5.97 Å². The maximum Gasteiger partial charge on any atom is 0.336 e. The highest BCUT2D eigenvalue weighted by Crippen LogP contribution is 2.22. The number of carbonyl (C=O) groups is 1. The van der Waals surface area contributed by atoms with Crippen LogP contribution in [0.5, 0.6) is 0 Å². The van der Waals surface area contributed by atoms with Gasteiger partial charge in [-0.05, 0) is 37.1 Å². The van der Waals surface area contributed by atoms with Crippen LogP contribution in [0.1, 0.15) is 19.4 Å². The molecule has 1 aromatic carbocycles. The Bertz CT molecular complexity index is 483. The van der Waals surface area contributed by atoms with Crippen LogP contribution >= 0.6 is 11.6 Å². The molecular formula is C13H12ClNO2. The topological polar surface area (TPSA) is 30.7 Å². The summed E-state index contributed by atoms with van der Waals surface area (Å²) in [6.45, 7) is 10.7. The second-order valence-electron chi connectivity index (χ2n) is 3.31. The monoisotopic (exact) mass is 249 g/mol. The number of hydrogen-bond acceptors (Lipinski definition) is 2. The lowest BCUT2D eigenvalue weighted by Crippen LogP contribution is -2.06. The minimum absolute atomic E-state index is 0.00849. The number of carbonyl (C=O) groups excluding carboxylic acids is 1. The molecule has 0 amide bonds. The predicted molar refractivity (Wildman–Crippen MR) is 67.3 cm³/mol. The summed E-state index contributed by atoms with van der Waals surface area (Å²) in [7, 11) is 0. The van der Waals surface area contributed by atoms with Crippen LogP contribution in [0.15, 0.2) is 30.0 Å². The van der Waals surface area contributed by atoms with Gasteiger partial charge in [-0.15, -0.1) is 0 Å². The molecule has 17 heavy (non-hydrogen) atoms. The number of hydrogen-bond donors (Lipinski definition) is 0. The van der Waals surface area contributed by atoms with E-state index in [1.165, 1.54) is 0 Å². The van der Waals surface area contributed by atoms with Crippen molar-refractivity contribution in [3.63, 3.8) is 0 Å². The van der Waals surface area contributed by atoms with Gasteiger partial charge in [-0.2, -0.15) is 0 Å². The third-order valence-electron chi connectivity index (χ3n) is 2.21. The van der Waals surface area contributed by atoms with E-state index in [9.17, 15) is 4.79 Å². The van der Waals surface area contributed by atoms with Crippen LogP contribution < -0.4 is 0 Å². The average Bonchev–Trinajstić information content (AvgIpc) is 2.31. The molecule has 0 unspecified atom stereocenters. The second kappa shape index (κ2) is 6.07. The van der Waals surface area contributed by atoms with E-state index in [-0.39, 0.29) is 12.3 Å². The van der Waals surface area contributed by atoms with Gasteiger partial charge in [-0.25, -0.2) is 4.85 Å². The lowest BCUT2D eigenvalue weighted by atomic mass is 10.1. The van der Waals surface area contributed by atoms with Crippen LogP contribution in [0, 0.1) is 6.57 Å². The largest absolute Gasteiger partial charge is 0.471 e. The first-order chi connectivity index (χ1) is 8.10. The Hall–Kier alpha value is -1.79. The minimum Gasteiger partial charge on any atom is -0.471 e. The zero-order chi connectivity index (χ0) is 12.8. The highest BCUT2D eigenvalue weighted by Gasteiger charge is 2.15. The van der Waals surface area contributed by atoms with Crippen LogP contribution in [-0.2, 0) is 9.53 Å². The van der Waals surface area contributed by atoms with E-state index in [1.807, 2.05) is 0 Å². The zero-order valence-corrected chi connectivity index (χ0v) is 10.4. The van der Waals surface area contributed by atoms with E-state index < -0.39 is 5.97 Å². The number of rotatable bonds is 3. The van der Waals surface area contributed by atoms with Crippen LogP contribution in [0.3, 0.4) is 0 Å². The SMILES string of the molecule is [C-]#[N+]/C(C(=O)OCC)=C(/C)c1ccc(Cl)cc1. The fraction of sp³-hybridized carbons (Fsp3) is 0.231. The molecule has 1 rings (SSSR count). The summed E-state index contributed by atoms with van der Waals surface area (Å²) in [6, 6.07) is 6.96. The molecule has 0 N–H and O–H groups in total. The van der Waals surface area contributed by atoms with Crippen molar-refractivity contribution < 1.29 is 9.53 Å². The molecule has 0 aromatic heterocycles. The molecule has 0 spiro atoms. The van der Waals surface area contributed by atoms with Crippen molar-refractivity contribution in [1.29, 1.82) is 0 Å². The van der Waals surface area contributed by atoms with Crippen molar-refractivity contribution in [3.8, 4) is 0 Å². The van der Waals surface area contributed by atoms with E-state index in [0.717, 1.165) is 5.56 Å². The molecule has 0 saturated heterocycles. The molecule has 3 nitrogen and oxygen atoms in total. The second-order valence-corrected chi connectivity index (χ2v) is 3.75. The van der Waals surface area contributed by atoms with E-state index in [4.69, 9.17) is 22.9 Å². The Labute approximate surface area is 105 Å². The van der Waals surface area contributed by atoms with Gasteiger partial charge in [0, 0.05) is 5.02 Å². The first kappa shape index (κ1) is 13.3. The van der Waals surface area contributed by atoms with Gasteiger partial charge in [0.1, 0.15) is 0 Å². The number of benzene rings is 1. The molecule has 1 aromatic rings. The maximum absolute atomic E-state index is 11.5. The molecule has 0 saturated carbocycles. The van der Waals surface area contributed by atoms with E-state index >= 15 is 0 Å². The van der Waals surface area contributed by atoms with Crippen molar-refractivity contribution in [2.75, 3.05) is 6.61 Å². The van der Waals surface area contributed by atoms with Crippen molar-refractivity contribution in [1.82, 2.24) is 0 Å². The molecule has 0 radical (unpaired) electrons. The summed E-state index contributed by atoms with van der Waals surface area (Å²) in [4.78, 5) is 14.8. The fourth-order valence-corrected chi connectivity index (χ4v) is 1.44. The summed E-state index contributed by atoms with van der Waals surface area (Å²) in [6.07, 6.45) is 0. The molecule has 0 aliphatic rings. The van der Waals surface area contributed by atoms with Gasteiger partial charge in [0.15, 0.2) is 0 Å². The summed E-state index contributed by atoms with van der Waals surface area (Å²) in [5.74, 6) is -0.588. The Morgan fingerprint density at radius 3 is 2.47 bits per heavy atom. The van der Waals surface area contributed by atoms with Gasteiger partial charge < -0.3 is 4.74 Å². The quantitative estimate of drug-likeness (QED) is 0.466. The van der Waals surface area contributed by atoms with Crippen molar-refractivity contribution in [2.24, 2.45) is 0 Å². The van der Waals surface area contributed by atoms with Crippen LogP contribution in [0.2, 0.25) is 5.02 Å².